The highest BCUT2D eigenvalue weighted by atomic mass is 32.1. The van der Waals surface area contributed by atoms with Crippen molar-refractivity contribution in [2.24, 2.45) is 0 Å². The Morgan fingerprint density at radius 3 is 2.26 bits per heavy atom. The molecule has 1 amide bonds. The molecule has 270 valence electrons. The van der Waals surface area contributed by atoms with Gasteiger partial charge in [0.15, 0.2) is 16.4 Å². The number of ether oxygens (including phenoxy) is 3. The second-order valence-corrected chi connectivity index (χ2v) is 14.2. The summed E-state index contributed by atoms with van der Waals surface area (Å²) in [6, 6.07) is 21.7. The van der Waals surface area contributed by atoms with Gasteiger partial charge in [0.1, 0.15) is 22.3 Å². The van der Waals surface area contributed by atoms with Crippen molar-refractivity contribution < 1.29 is 28.7 Å². The van der Waals surface area contributed by atoms with E-state index in [0.29, 0.717) is 68.9 Å². The summed E-state index contributed by atoms with van der Waals surface area (Å²) in [5.74, 6) is 0.530. The van der Waals surface area contributed by atoms with E-state index in [1.165, 1.54) is 6.07 Å². The fraction of sp³-hybridized carbons (Fsp3) is 0.282. The van der Waals surface area contributed by atoms with Gasteiger partial charge in [0, 0.05) is 80.5 Å². The van der Waals surface area contributed by atoms with E-state index in [2.05, 4.69) is 10.3 Å². The minimum absolute atomic E-state index is 0.149. The number of carbonyl (C=O) groups is 2. The first-order valence-electron chi connectivity index (χ1n) is 17.1. The van der Waals surface area contributed by atoms with E-state index in [0.717, 1.165) is 35.6 Å². The van der Waals surface area contributed by atoms with Crippen LogP contribution < -0.4 is 24.6 Å². The van der Waals surface area contributed by atoms with Crippen molar-refractivity contribution >= 4 is 50.5 Å². The van der Waals surface area contributed by atoms with Gasteiger partial charge in [-0.05, 0) is 67.4 Å². The highest BCUT2D eigenvalue weighted by molar-refractivity contribution is 7.19. The molecule has 1 spiro atoms. The van der Waals surface area contributed by atoms with Crippen LogP contribution in [0.2, 0.25) is 0 Å². The van der Waals surface area contributed by atoms with Crippen molar-refractivity contribution in [1.82, 2.24) is 10.3 Å². The Morgan fingerprint density at radius 1 is 0.943 bits per heavy atom. The van der Waals surface area contributed by atoms with Gasteiger partial charge >= 0.3 is 11.7 Å². The highest BCUT2D eigenvalue weighted by Gasteiger charge is 2.54. The number of nitro benzene ring substituents is 1. The summed E-state index contributed by atoms with van der Waals surface area (Å²) in [5, 5.41) is 24.0. The van der Waals surface area contributed by atoms with Gasteiger partial charge in [-0.2, -0.15) is 5.26 Å². The highest BCUT2D eigenvalue weighted by Crippen LogP contribution is 2.57. The summed E-state index contributed by atoms with van der Waals surface area (Å²) >= 11 is 0.971. The molecule has 0 saturated carbocycles. The first kappa shape index (κ1) is 35.2. The fourth-order valence-corrected chi connectivity index (χ4v) is 7.63. The smallest absolute Gasteiger partial charge is 0.340 e. The first-order chi connectivity index (χ1) is 25.5. The van der Waals surface area contributed by atoms with Crippen LogP contribution in [0.5, 0.6) is 17.2 Å². The standard InChI is InChI=1S/C39H36N6O7S/c1-43(2)24-10-13-27-32(20-24)51-33-21-25(44(3)4)11-14-28(33)39(27)29-19-23(9-12-26(29)38(47)52-39)37(46)41-17-7-5-6-8-18-50-31-16-15-30-36(35(31)45(48)49)53-34(22-40)42-30/h9-16,19-21H,5-8,17-18H2,1-4H3,(H,41,46). The summed E-state index contributed by atoms with van der Waals surface area (Å²) in [7, 11) is 7.77. The number of hydrogen-bond acceptors (Lipinski definition) is 12. The molecule has 14 heteroatoms. The molecule has 0 fully saturated rings. The summed E-state index contributed by atoms with van der Waals surface area (Å²) in [6.07, 6.45) is 2.97. The molecule has 4 aromatic carbocycles. The van der Waals surface area contributed by atoms with Crippen LogP contribution in [-0.2, 0) is 10.3 Å². The number of fused-ring (bicyclic) bond motifs is 7. The number of nitrogens with zero attached hydrogens (tertiary/aromatic N) is 5. The van der Waals surface area contributed by atoms with Crippen LogP contribution in [0, 0.1) is 21.4 Å². The lowest BCUT2D eigenvalue weighted by Gasteiger charge is -2.37. The lowest BCUT2D eigenvalue weighted by atomic mass is 9.77. The van der Waals surface area contributed by atoms with Crippen molar-refractivity contribution in [1.29, 1.82) is 5.26 Å². The summed E-state index contributed by atoms with van der Waals surface area (Å²) in [4.78, 5) is 46.2. The van der Waals surface area contributed by atoms with E-state index in [-0.39, 0.29) is 29.0 Å². The minimum atomic E-state index is -1.31. The van der Waals surface area contributed by atoms with Crippen LogP contribution in [0.15, 0.2) is 66.7 Å². The molecule has 1 N–H and O–H groups in total. The lowest BCUT2D eigenvalue weighted by molar-refractivity contribution is -0.383. The number of anilines is 2. The third kappa shape index (κ3) is 6.33. The van der Waals surface area contributed by atoms with E-state index in [1.54, 1.807) is 24.3 Å². The van der Waals surface area contributed by atoms with Crippen LogP contribution >= 0.6 is 11.3 Å². The SMILES string of the molecule is CN(C)c1ccc2c(c1)Oc1cc(N(C)C)ccc1C21OC(=O)c2ccc(C(=O)NCCCCCCOc3ccc4nc(C#N)sc4c3[N+](=O)[O-])cc21. The van der Waals surface area contributed by atoms with Gasteiger partial charge in [0.05, 0.1) is 22.6 Å². The van der Waals surface area contributed by atoms with E-state index in [1.807, 2.05) is 80.5 Å². The van der Waals surface area contributed by atoms with Crippen LogP contribution in [0.4, 0.5) is 17.1 Å². The molecule has 0 bridgehead atoms. The molecule has 2 aliphatic heterocycles. The molecule has 0 saturated heterocycles. The Hall–Kier alpha value is -6.20. The lowest BCUT2D eigenvalue weighted by Crippen LogP contribution is -2.33. The van der Waals surface area contributed by atoms with Crippen LogP contribution in [0.3, 0.4) is 0 Å². The van der Waals surface area contributed by atoms with Crippen LogP contribution in [-0.4, -0.2) is 63.1 Å². The monoisotopic (exact) mass is 732 g/mol. The van der Waals surface area contributed by atoms with Gasteiger partial charge in [-0.25, -0.2) is 9.78 Å². The number of amides is 1. The summed E-state index contributed by atoms with van der Waals surface area (Å²) in [6.45, 7) is 0.719. The largest absolute Gasteiger partial charge is 0.487 e. The topological polar surface area (TPSA) is 160 Å². The maximum absolute atomic E-state index is 13.5. The van der Waals surface area contributed by atoms with E-state index < -0.39 is 16.5 Å². The van der Waals surface area contributed by atoms with Gasteiger partial charge in [-0.1, -0.05) is 24.2 Å². The number of nitro groups is 1. The fourth-order valence-electron chi connectivity index (χ4n) is 6.76. The molecule has 5 aromatic rings. The number of esters is 1. The van der Waals surface area contributed by atoms with E-state index in [9.17, 15) is 19.7 Å². The number of carbonyl (C=O) groups excluding carboxylic acids is 2. The third-order valence-electron chi connectivity index (χ3n) is 9.46. The second kappa shape index (κ2) is 14.1. The number of hydrogen-bond donors (Lipinski definition) is 1. The number of nitriles is 1. The van der Waals surface area contributed by atoms with Gasteiger partial charge in [0.25, 0.3) is 5.91 Å². The van der Waals surface area contributed by atoms with Gasteiger partial charge < -0.3 is 29.3 Å². The molecule has 0 radical (unpaired) electrons. The van der Waals surface area contributed by atoms with Crippen molar-refractivity contribution in [3.8, 4) is 23.3 Å². The number of benzene rings is 4. The number of aromatic nitrogens is 1. The third-order valence-corrected chi connectivity index (χ3v) is 10.4. The average molecular weight is 733 g/mol. The predicted molar refractivity (Wildman–Crippen MR) is 201 cm³/mol. The molecular weight excluding hydrogens is 697 g/mol. The molecule has 0 unspecified atom stereocenters. The van der Waals surface area contributed by atoms with Crippen LogP contribution in [0.25, 0.3) is 10.2 Å². The Balaban J connectivity index is 1.02. The molecule has 53 heavy (non-hydrogen) atoms. The number of unbranched alkanes of at least 4 members (excludes halogenated alkanes) is 3. The predicted octanol–water partition coefficient (Wildman–Crippen LogP) is 7.15. The Morgan fingerprint density at radius 2 is 1.62 bits per heavy atom. The van der Waals surface area contributed by atoms with E-state index in [4.69, 9.17) is 19.5 Å². The molecule has 0 aliphatic carbocycles. The van der Waals surface area contributed by atoms with Crippen LogP contribution in [0.1, 0.15) is 68.1 Å². The summed E-state index contributed by atoms with van der Waals surface area (Å²) < 4.78 is 18.9. The molecule has 7 rings (SSSR count). The molecular formula is C39H36N6O7S. The molecule has 2 aliphatic rings. The molecule has 3 heterocycles. The maximum atomic E-state index is 13.5. The number of rotatable bonds is 12. The van der Waals surface area contributed by atoms with E-state index >= 15 is 0 Å². The zero-order valence-corrected chi connectivity index (χ0v) is 30.4. The molecule has 1 aromatic heterocycles. The van der Waals surface area contributed by atoms with Crippen molar-refractivity contribution in [2.75, 3.05) is 51.1 Å². The Bertz CT molecular complexity index is 2270. The zero-order valence-electron chi connectivity index (χ0n) is 29.6. The minimum Gasteiger partial charge on any atom is -0.487 e. The normalized spacial score (nSPS) is 13.3. The van der Waals surface area contributed by atoms with Crippen molar-refractivity contribution in [3.05, 3.63) is 110 Å². The van der Waals surface area contributed by atoms with Crippen molar-refractivity contribution in [3.63, 3.8) is 0 Å². The Labute approximate surface area is 309 Å². The Kier molecular flexibility index (Phi) is 9.35. The second-order valence-electron chi connectivity index (χ2n) is 13.2. The number of nitrogens with one attached hydrogen (secondary N) is 1. The quantitative estimate of drug-likeness (QED) is 0.0601. The van der Waals surface area contributed by atoms with Crippen molar-refractivity contribution in [2.45, 2.75) is 31.3 Å². The molecule has 0 atom stereocenters. The van der Waals surface area contributed by atoms with Gasteiger partial charge in [-0.15, -0.1) is 0 Å². The summed E-state index contributed by atoms with van der Waals surface area (Å²) in [5.41, 5.74) is 3.47. The maximum Gasteiger partial charge on any atom is 0.340 e. The zero-order chi connectivity index (χ0) is 37.4. The first-order valence-corrected chi connectivity index (χ1v) is 17.9. The number of thiazole rings is 1. The molecule has 13 nitrogen and oxygen atoms in total. The van der Waals surface area contributed by atoms with Gasteiger partial charge in [-0.3, -0.25) is 14.9 Å². The van der Waals surface area contributed by atoms with Gasteiger partial charge in [0.2, 0.25) is 0 Å². The average Bonchev–Trinajstić information content (AvgIpc) is 3.70.